The molecule has 3 heterocycles. The highest BCUT2D eigenvalue weighted by Crippen LogP contribution is 2.37. The van der Waals surface area contributed by atoms with Crippen LogP contribution >= 0.6 is 11.6 Å². The van der Waals surface area contributed by atoms with Crippen molar-refractivity contribution in [3.63, 3.8) is 0 Å². The van der Waals surface area contributed by atoms with Gasteiger partial charge in [-0.25, -0.2) is 9.97 Å². The molecule has 9 heteroatoms. The second-order valence-electron chi connectivity index (χ2n) is 9.93. The predicted molar refractivity (Wildman–Crippen MR) is 150 cm³/mol. The largest absolute Gasteiger partial charge is 0.418 e. The Hall–Kier alpha value is -3.23. The number of hydrogen-bond donors (Lipinski definition) is 1. The molecule has 4 aromatic rings. The van der Waals surface area contributed by atoms with E-state index in [4.69, 9.17) is 21.6 Å². The number of nitrogens with zero attached hydrogens (tertiary/aromatic N) is 4. The fourth-order valence-electron chi connectivity index (χ4n) is 5.08. The van der Waals surface area contributed by atoms with Gasteiger partial charge in [-0.05, 0) is 68.2 Å². The Balaban J connectivity index is 1.49. The van der Waals surface area contributed by atoms with Crippen LogP contribution in [0.15, 0.2) is 60.8 Å². The first-order valence-corrected chi connectivity index (χ1v) is 13.8. The van der Waals surface area contributed by atoms with Crippen molar-refractivity contribution in [2.45, 2.75) is 51.2 Å². The Kier molecular flexibility index (Phi) is 8.63. The van der Waals surface area contributed by atoms with Crippen LogP contribution in [-0.4, -0.2) is 39.5 Å². The maximum Gasteiger partial charge on any atom is 0.418 e. The van der Waals surface area contributed by atoms with Crippen LogP contribution in [0, 0.1) is 0 Å². The number of aromatic nitrogens is 3. The van der Waals surface area contributed by atoms with Crippen LogP contribution in [0.25, 0.3) is 22.2 Å². The molecular weight excluding hydrogens is 523 g/mol. The van der Waals surface area contributed by atoms with E-state index in [1.54, 1.807) is 18.2 Å². The normalized spacial score (nSPS) is 15.2. The summed E-state index contributed by atoms with van der Waals surface area (Å²) in [5, 5.41) is 4.90. The molecule has 2 aromatic carbocycles. The van der Waals surface area contributed by atoms with Crippen LogP contribution in [0.1, 0.15) is 49.1 Å². The van der Waals surface area contributed by atoms with Crippen molar-refractivity contribution in [1.29, 1.82) is 0 Å². The van der Waals surface area contributed by atoms with Gasteiger partial charge in [0.15, 0.2) is 0 Å². The van der Waals surface area contributed by atoms with Crippen LogP contribution in [0.3, 0.4) is 0 Å². The molecule has 39 heavy (non-hydrogen) atoms. The third-order valence-electron chi connectivity index (χ3n) is 7.09. The van der Waals surface area contributed by atoms with Crippen molar-refractivity contribution >= 4 is 28.3 Å². The summed E-state index contributed by atoms with van der Waals surface area (Å²) in [6.07, 6.45) is 3.57. The van der Waals surface area contributed by atoms with E-state index in [1.165, 1.54) is 31.5 Å². The average molecular weight is 554 g/mol. The lowest BCUT2D eigenvalue weighted by molar-refractivity contribution is -0.137. The number of alkyl halides is 3. The van der Waals surface area contributed by atoms with E-state index >= 15 is 0 Å². The summed E-state index contributed by atoms with van der Waals surface area (Å²) >= 11 is 6.34. The molecule has 5 nitrogen and oxygen atoms in total. The van der Waals surface area contributed by atoms with Gasteiger partial charge in [0.25, 0.3) is 0 Å². The van der Waals surface area contributed by atoms with Crippen molar-refractivity contribution < 1.29 is 13.2 Å². The summed E-state index contributed by atoms with van der Waals surface area (Å²) in [6.45, 7) is 3.16. The molecule has 0 radical (unpaired) electrons. The highest BCUT2D eigenvalue weighted by molar-refractivity contribution is 6.31. The van der Waals surface area contributed by atoms with Crippen molar-refractivity contribution in [3.8, 4) is 11.3 Å². The molecular formula is C30H31ClF3N5. The third-order valence-corrected chi connectivity index (χ3v) is 7.46. The monoisotopic (exact) mass is 553 g/mol. The number of pyridine rings is 1. The van der Waals surface area contributed by atoms with Crippen molar-refractivity contribution in [1.82, 2.24) is 19.9 Å². The Bertz CT molecular complexity index is 1420. The SMILES string of the molecule is FC(F)(F)c1cccnc1-c1ccc2c(NCCc3ccccc3Cl)nc(CN3CCCCCCC3)nc2c1. The highest BCUT2D eigenvalue weighted by atomic mass is 35.5. The summed E-state index contributed by atoms with van der Waals surface area (Å²) in [4.78, 5) is 16.1. The minimum absolute atomic E-state index is 0.107. The lowest BCUT2D eigenvalue weighted by atomic mass is 10.0. The molecule has 0 atom stereocenters. The highest BCUT2D eigenvalue weighted by Gasteiger charge is 2.34. The Morgan fingerprint density at radius 2 is 1.67 bits per heavy atom. The van der Waals surface area contributed by atoms with Gasteiger partial charge in [0.2, 0.25) is 0 Å². The lowest BCUT2D eigenvalue weighted by Gasteiger charge is -2.24. The molecule has 0 spiro atoms. The van der Waals surface area contributed by atoms with E-state index < -0.39 is 11.7 Å². The number of rotatable bonds is 7. The average Bonchev–Trinajstić information content (AvgIpc) is 2.90. The minimum Gasteiger partial charge on any atom is -0.369 e. The Labute approximate surface area is 231 Å². The zero-order chi connectivity index (χ0) is 27.2. The van der Waals surface area contributed by atoms with Crippen LogP contribution in [0.4, 0.5) is 19.0 Å². The van der Waals surface area contributed by atoms with E-state index in [0.717, 1.165) is 42.9 Å². The molecule has 1 N–H and O–H groups in total. The molecule has 0 unspecified atom stereocenters. The number of likely N-dealkylation sites (tertiary alicyclic amines) is 1. The first kappa shape index (κ1) is 27.3. The van der Waals surface area contributed by atoms with Gasteiger partial charge in [-0.3, -0.25) is 9.88 Å². The van der Waals surface area contributed by atoms with Crippen LogP contribution in [0.5, 0.6) is 0 Å². The molecule has 0 aliphatic carbocycles. The Morgan fingerprint density at radius 3 is 2.44 bits per heavy atom. The summed E-state index contributed by atoms with van der Waals surface area (Å²) in [5.74, 6) is 1.32. The van der Waals surface area contributed by atoms with Crippen molar-refractivity contribution in [2.75, 3.05) is 25.0 Å². The van der Waals surface area contributed by atoms with Crippen molar-refractivity contribution in [2.24, 2.45) is 0 Å². The maximum absolute atomic E-state index is 13.7. The third kappa shape index (κ3) is 6.86. The quantitative estimate of drug-likeness (QED) is 0.253. The molecule has 0 bridgehead atoms. The number of benzene rings is 2. The van der Waals surface area contributed by atoms with Gasteiger partial charge in [0.05, 0.1) is 23.3 Å². The molecule has 204 valence electrons. The van der Waals surface area contributed by atoms with E-state index in [2.05, 4.69) is 15.2 Å². The first-order valence-electron chi connectivity index (χ1n) is 13.4. The van der Waals surface area contributed by atoms with Gasteiger partial charge in [0, 0.05) is 28.7 Å². The summed E-state index contributed by atoms with van der Waals surface area (Å²) < 4.78 is 41.1. The van der Waals surface area contributed by atoms with Crippen molar-refractivity contribution in [3.05, 3.63) is 82.8 Å². The number of halogens is 4. The van der Waals surface area contributed by atoms with E-state index in [-0.39, 0.29) is 5.69 Å². The predicted octanol–water partition coefficient (Wildman–Crippen LogP) is 7.78. The molecule has 1 aliphatic rings. The Morgan fingerprint density at radius 1 is 0.897 bits per heavy atom. The number of nitrogens with one attached hydrogen (secondary N) is 1. The zero-order valence-electron chi connectivity index (χ0n) is 21.6. The van der Waals surface area contributed by atoms with Gasteiger partial charge >= 0.3 is 6.18 Å². The summed E-state index contributed by atoms with van der Waals surface area (Å²) in [7, 11) is 0. The summed E-state index contributed by atoms with van der Waals surface area (Å²) in [5.41, 5.74) is 1.11. The number of fused-ring (bicyclic) bond motifs is 1. The standard InChI is InChI=1S/C30H31ClF3N5/c31-25-11-5-4-9-21(25)14-16-36-29-23-13-12-22(28-24(30(32,33)34)10-8-15-35-28)19-26(23)37-27(38-29)20-39-17-6-2-1-3-7-18-39/h4-5,8-13,15,19H,1-3,6-7,14,16-18,20H2,(H,36,37,38). The van der Waals surface area contributed by atoms with Gasteiger partial charge in [0.1, 0.15) is 11.6 Å². The smallest absolute Gasteiger partial charge is 0.369 e. The fraction of sp³-hybridized carbons (Fsp3) is 0.367. The zero-order valence-corrected chi connectivity index (χ0v) is 22.4. The minimum atomic E-state index is -4.51. The molecule has 1 aliphatic heterocycles. The second-order valence-corrected chi connectivity index (χ2v) is 10.3. The molecule has 1 saturated heterocycles. The number of hydrogen-bond acceptors (Lipinski definition) is 5. The topological polar surface area (TPSA) is 53.9 Å². The number of anilines is 1. The molecule has 5 rings (SSSR count). The molecule has 1 fully saturated rings. The first-order chi connectivity index (χ1) is 18.9. The molecule has 0 amide bonds. The molecule has 2 aromatic heterocycles. The molecule has 0 saturated carbocycles. The second kappa shape index (κ2) is 12.3. The summed E-state index contributed by atoms with van der Waals surface area (Å²) in [6, 6.07) is 15.2. The van der Waals surface area contributed by atoms with E-state index in [9.17, 15) is 13.2 Å². The lowest BCUT2D eigenvalue weighted by Crippen LogP contribution is -2.28. The van der Waals surface area contributed by atoms with Crippen LogP contribution in [0.2, 0.25) is 5.02 Å². The van der Waals surface area contributed by atoms with Gasteiger partial charge in [-0.1, -0.05) is 55.1 Å². The van der Waals surface area contributed by atoms with Crippen LogP contribution < -0.4 is 5.32 Å². The van der Waals surface area contributed by atoms with E-state index in [1.807, 2.05) is 24.3 Å². The van der Waals surface area contributed by atoms with Gasteiger partial charge in [-0.2, -0.15) is 13.2 Å². The van der Waals surface area contributed by atoms with Crippen LogP contribution in [-0.2, 0) is 19.1 Å². The maximum atomic E-state index is 13.7. The van der Waals surface area contributed by atoms with Gasteiger partial charge in [-0.15, -0.1) is 0 Å². The van der Waals surface area contributed by atoms with Gasteiger partial charge < -0.3 is 5.32 Å². The van der Waals surface area contributed by atoms with E-state index in [0.29, 0.717) is 47.3 Å². The fourth-order valence-corrected chi connectivity index (χ4v) is 5.31.